The number of nitrogens with zero attached hydrogens (tertiary/aromatic N) is 1. The van der Waals surface area contributed by atoms with Crippen LogP contribution in [0.5, 0.6) is 0 Å². The van der Waals surface area contributed by atoms with Crippen molar-refractivity contribution in [3.8, 4) is 0 Å². The summed E-state index contributed by atoms with van der Waals surface area (Å²) in [6.45, 7) is 4.55. The zero-order chi connectivity index (χ0) is 11.7. The van der Waals surface area contributed by atoms with Crippen LogP contribution < -0.4 is 5.32 Å². The van der Waals surface area contributed by atoms with Gasteiger partial charge in [0, 0.05) is 12.6 Å². The van der Waals surface area contributed by atoms with E-state index in [4.69, 9.17) is 4.42 Å². The molecular formula is C13H19BrN2O. The molecular weight excluding hydrogens is 280 g/mol. The second-order valence-electron chi connectivity index (χ2n) is 5.22. The average Bonchev–Trinajstić information content (AvgIpc) is 2.93. The maximum absolute atomic E-state index is 5.46. The summed E-state index contributed by atoms with van der Waals surface area (Å²) in [6, 6.07) is 4.89. The largest absolute Gasteiger partial charge is 0.453 e. The lowest BCUT2D eigenvalue weighted by Gasteiger charge is -2.14. The van der Waals surface area contributed by atoms with Crippen molar-refractivity contribution in [3.63, 3.8) is 0 Å². The molecule has 2 aliphatic rings. The Bertz CT molecular complexity index is 375. The number of likely N-dealkylation sites (tertiary alicyclic amines) is 1. The molecule has 1 saturated carbocycles. The van der Waals surface area contributed by atoms with E-state index in [2.05, 4.69) is 26.1 Å². The molecule has 1 aromatic heterocycles. The van der Waals surface area contributed by atoms with Crippen LogP contribution in [0.25, 0.3) is 0 Å². The molecule has 1 saturated heterocycles. The lowest BCUT2D eigenvalue weighted by molar-refractivity contribution is 0.311. The van der Waals surface area contributed by atoms with Gasteiger partial charge in [0.15, 0.2) is 4.67 Å². The Morgan fingerprint density at radius 3 is 2.94 bits per heavy atom. The summed E-state index contributed by atoms with van der Waals surface area (Å²) >= 11 is 3.32. The van der Waals surface area contributed by atoms with Gasteiger partial charge < -0.3 is 14.6 Å². The highest BCUT2D eigenvalue weighted by Crippen LogP contribution is 2.31. The van der Waals surface area contributed by atoms with Crippen molar-refractivity contribution >= 4 is 15.9 Å². The Labute approximate surface area is 111 Å². The molecule has 0 bridgehead atoms. The highest BCUT2D eigenvalue weighted by atomic mass is 79.9. The number of hydrogen-bond acceptors (Lipinski definition) is 3. The molecule has 0 radical (unpaired) electrons. The fraction of sp³-hybridized carbons (Fsp3) is 0.692. The van der Waals surface area contributed by atoms with Crippen molar-refractivity contribution in [1.29, 1.82) is 0 Å². The fourth-order valence-electron chi connectivity index (χ4n) is 2.65. The molecule has 1 unspecified atom stereocenters. The van der Waals surface area contributed by atoms with Gasteiger partial charge in [0.2, 0.25) is 0 Å². The summed E-state index contributed by atoms with van der Waals surface area (Å²) in [5.41, 5.74) is 0. The summed E-state index contributed by atoms with van der Waals surface area (Å²) in [5.74, 6) is 1.84. The molecule has 1 aliphatic carbocycles. The molecule has 1 N–H and O–H groups in total. The van der Waals surface area contributed by atoms with Gasteiger partial charge >= 0.3 is 0 Å². The number of hydrogen-bond donors (Lipinski definition) is 1. The number of halogens is 1. The van der Waals surface area contributed by atoms with E-state index in [9.17, 15) is 0 Å². The summed E-state index contributed by atoms with van der Waals surface area (Å²) in [6.07, 6.45) is 4.21. The maximum atomic E-state index is 5.46. The van der Waals surface area contributed by atoms with Crippen LogP contribution in [0.4, 0.5) is 0 Å². The van der Waals surface area contributed by atoms with Crippen LogP contribution in [0, 0.1) is 5.92 Å². The van der Waals surface area contributed by atoms with Gasteiger partial charge in [-0.05, 0) is 66.3 Å². The smallest absolute Gasteiger partial charge is 0.169 e. The number of furan rings is 1. The van der Waals surface area contributed by atoms with Crippen LogP contribution in [0.1, 0.15) is 25.0 Å². The maximum Gasteiger partial charge on any atom is 0.169 e. The van der Waals surface area contributed by atoms with Crippen molar-refractivity contribution < 1.29 is 4.42 Å². The Kier molecular flexibility index (Phi) is 3.54. The predicted molar refractivity (Wildman–Crippen MR) is 70.8 cm³/mol. The van der Waals surface area contributed by atoms with E-state index in [-0.39, 0.29) is 0 Å². The van der Waals surface area contributed by atoms with E-state index in [1.54, 1.807) is 0 Å². The molecule has 1 aromatic rings. The van der Waals surface area contributed by atoms with Gasteiger partial charge in [-0.15, -0.1) is 0 Å². The molecule has 94 valence electrons. The quantitative estimate of drug-likeness (QED) is 0.906. The second kappa shape index (κ2) is 5.12. The minimum absolute atomic E-state index is 0.815. The van der Waals surface area contributed by atoms with E-state index >= 15 is 0 Å². The van der Waals surface area contributed by atoms with Gasteiger partial charge in [-0.1, -0.05) is 0 Å². The first kappa shape index (κ1) is 11.8. The Morgan fingerprint density at radius 1 is 1.35 bits per heavy atom. The van der Waals surface area contributed by atoms with Gasteiger partial charge in [0.05, 0.1) is 6.54 Å². The van der Waals surface area contributed by atoms with E-state index in [1.807, 2.05) is 12.1 Å². The summed E-state index contributed by atoms with van der Waals surface area (Å²) in [4.78, 5) is 2.66. The van der Waals surface area contributed by atoms with Crippen molar-refractivity contribution in [2.75, 3.05) is 19.6 Å². The fourth-order valence-corrected chi connectivity index (χ4v) is 2.99. The highest BCUT2D eigenvalue weighted by Gasteiger charge is 2.33. The lowest BCUT2D eigenvalue weighted by Crippen LogP contribution is -2.27. The molecule has 17 heavy (non-hydrogen) atoms. The van der Waals surface area contributed by atoms with Crippen LogP contribution in [-0.2, 0) is 6.54 Å². The van der Waals surface area contributed by atoms with Crippen LogP contribution >= 0.6 is 15.9 Å². The standard InChI is InChI=1S/C13H19BrN2O/c14-13-4-3-12(17-13)8-15-7-10-5-6-16(9-10)11-1-2-11/h3-4,10-11,15H,1-2,5-9H2. The topological polar surface area (TPSA) is 28.4 Å². The Morgan fingerprint density at radius 2 is 2.24 bits per heavy atom. The first-order valence-electron chi connectivity index (χ1n) is 6.50. The van der Waals surface area contributed by atoms with Gasteiger partial charge in [-0.25, -0.2) is 0 Å². The normalized spacial score (nSPS) is 25.6. The lowest BCUT2D eigenvalue weighted by atomic mass is 10.1. The molecule has 0 spiro atoms. The van der Waals surface area contributed by atoms with E-state index in [0.29, 0.717) is 0 Å². The van der Waals surface area contributed by atoms with Gasteiger partial charge in [0.25, 0.3) is 0 Å². The third-order valence-corrected chi connectivity index (χ3v) is 4.17. The minimum Gasteiger partial charge on any atom is -0.453 e. The molecule has 0 aromatic carbocycles. The van der Waals surface area contributed by atoms with Crippen molar-refractivity contribution in [1.82, 2.24) is 10.2 Å². The second-order valence-corrected chi connectivity index (χ2v) is 6.00. The molecule has 2 heterocycles. The zero-order valence-electron chi connectivity index (χ0n) is 9.99. The van der Waals surface area contributed by atoms with Crippen molar-refractivity contribution in [2.45, 2.75) is 31.8 Å². The summed E-state index contributed by atoms with van der Waals surface area (Å²) in [7, 11) is 0. The average molecular weight is 299 g/mol. The van der Waals surface area contributed by atoms with E-state index < -0.39 is 0 Å². The van der Waals surface area contributed by atoms with Gasteiger partial charge in [-0.2, -0.15) is 0 Å². The molecule has 3 rings (SSSR count). The molecule has 4 heteroatoms. The molecule has 1 aliphatic heterocycles. The third kappa shape index (κ3) is 3.12. The molecule has 2 fully saturated rings. The zero-order valence-corrected chi connectivity index (χ0v) is 11.6. The van der Waals surface area contributed by atoms with E-state index in [1.165, 1.54) is 32.4 Å². The first-order valence-corrected chi connectivity index (χ1v) is 7.29. The Hall–Kier alpha value is -0.320. The van der Waals surface area contributed by atoms with Crippen LogP contribution in [0.2, 0.25) is 0 Å². The van der Waals surface area contributed by atoms with Gasteiger partial charge in [-0.3, -0.25) is 0 Å². The molecule has 1 atom stereocenters. The Balaban J connectivity index is 1.37. The molecule has 0 amide bonds. The van der Waals surface area contributed by atoms with Crippen LogP contribution in [0.15, 0.2) is 21.2 Å². The molecule has 3 nitrogen and oxygen atoms in total. The van der Waals surface area contributed by atoms with Crippen LogP contribution in [-0.4, -0.2) is 30.6 Å². The third-order valence-electron chi connectivity index (χ3n) is 3.74. The summed E-state index contributed by atoms with van der Waals surface area (Å²) in [5, 5.41) is 3.50. The van der Waals surface area contributed by atoms with Crippen molar-refractivity contribution in [3.05, 3.63) is 22.6 Å². The monoisotopic (exact) mass is 298 g/mol. The predicted octanol–water partition coefficient (Wildman–Crippen LogP) is 2.62. The SMILES string of the molecule is Brc1ccc(CNCC2CCN(C3CC3)C2)o1. The number of rotatable bonds is 5. The highest BCUT2D eigenvalue weighted by molar-refractivity contribution is 9.10. The number of nitrogens with one attached hydrogen (secondary N) is 1. The summed E-state index contributed by atoms with van der Waals surface area (Å²) < 4.78 is 6.28. The van der Waals surface area contributed by atoms with Crippen molar-refractivity contribution in [2.24, 2.45) is 5.92 Å². The first-order chi connectivity index (χ1) is 8.31. The van der Waals surface area contributed by atoms with Crippen LogP contribution in [0.3, 0.4) is 0 Å². The van der Waals surface area contributed by atoms with E-state index in [0.717, 1.165) is 35.5 Å². The van der Waals surface area contributed by atoms with Gasteiger partial charge in [0.1, 0.15) is 5.76 Å². The minimum atomic E-state index is 0.815.